The van der Waals surface area contributed by atoms with Gasteiger partial charge in [-0.1, -0.05) is 45.0 Å². The predicted molar refractivity (Wildman–Crippen MR) is 141 cm³/mol. The van der Waals surface area contributed by atoms with E-state index in [2.05, 4.69) is 11.4 Å². The van der Waals surface area contributed by atoms with Gasteiger partial charge in [0, 0.05) is 30.6 Å². The molecule has 1 aliphatic carbocycles. The summed E-state index contributed by atoms with van der Waals surface area (Å²) in [6, 6.07) is 12.9. The molecule has 0 saturated heterocycles. The van der Waals surface area contributed by atoms with Gasteiger partial charge in [-0.3, -0.25) is 14.5 Å². The number of carbonyl (C=O) groups is 2. The molecule has 0 radical (unpaired) electrons. The first-order valence-electron chi connectivity index (χ1n) is 13.2. The van der Waals surface area contributed by atoms with Gasteiger partial charge in [0.15, 0.2) is 5.96 Å². The van der Waals surface area contributed by atoms with Crippen molar-refractivity contribution in [2.75, 3.05) is 13.7 Å². The summed E-state index contributed by atoms with van der Waals surface area (Å²) in [4.78, 5) is 33.3. The number of methoxy groups -OCH3 is 1. The molecular formula is C29H36N4O4. The van der Waals surface area contributed by atoms with Gasteiger partial charge in [0.1, 0.15) is 5.75 Å². The number of rotatable bonds is 6. The zero-order valence-corrected chi connectivity index (χ0v) is 22.0. The van der Waals surface area contributed by atoms with Crippen LogP contribution < -0.4 is 15.8 Å². The molecule has 4 atom stereocenters. The van der Waals surface area contributed by atoms with Gasteiger partial charge in [-0.15, -0.1) is 0 Å². The summed E-state index contributed by atoms with van der Waals surface area (Å²) in [6.45, 7) is 6.55. The van der Waals surface area contributed by atoms with E-state index in [9.17, 15) is 9.59 Å². The van der Waals surface area contributed by atoms with Crippen molar-refractivity contribution < 1.29 is 19.1 Å². The second-order valence-electron chi connectivity index (χ2n) is 10.5. The van der Waals surface area contributed by atoms with E-state index in [0.29, 0.717) is 24.3 Å². The van der Waals surface area contributed by atoms with Crippen LogP contribution in [0.1, 0.15) is 79.2 Å². The molecule has 2 aromatic rings. The maximum atomic E-state index is 13.5. The summed E-state index contributed by atoms with van der Waals surface area (Å²) in [5.74, 6) is 0.625. The van der Waals surface area contributed by atoms with Crippen LogP contribution in [0.15, 0.2) is 47.5 Å². The fourth-order valence-electron chi connectivity index (χ4n) is 6.02. The van der Waals surface area contributed by atoms with E-state index in [1.165, 1.54) is 5.56 Å². The Balaban J connectivity index is 1.46. The molecule has 8 nitrogen and oxygen atoms in total. The molecule has 0 bridgehead atoms. The molecule has 8 heteroatoms. The maximum absolute atomic E-state index is 13.5. The fourth-order valence-corrected chi connectivity index (χ4v) is 6.02. The lowest BCUT2D eigenvalue weighted by Gasteiger charge is -2.43. The van der Waals surface area contributed by atoms with Gasteiger partial charge in [0.05, 0.1) is 36.8 Å². The molecule has 0 saturated carbocycles. The summed E-state index contributed by atoms with van der Waals surface area (Å²) in [5.41, 5.74) is 9.53. The molecule has 0 aromatic heterocycles. The molecule has 2 aromatic carbocycles. The minimum atomic E-state index is -0.452. The third-order valence-electron chi connectivity index (χ3n) is 8.35. The van der Waals surface area contributed by atoms with E-state index in [1.54, 1.807) is 18.1 Å². The summed E-state index contributed by atoms with van der Waals surface area (Å²) < 4.78 is 11.7. The number of ether oxygens (including phenoxy) is 2. The Labute approximate surface area is 218 Å². The number of nitrogens with one attached hydrogen (secondary N) is 1. The first kappa shape index (κ1) is 25.3. The largest absolute Gasteiger partial charge is 0.493 e. The quantitative estimate of drug-likeness (QED) is 0.621. The molecule has 2 amide bonds. The van der Waals surface area contributed by atoms with Crippen LogP contribution in [0, 0.1) is 5.92 Å². The second kappa shape index (κ2) is 9.82. The number of aliphatic imine (C=N–C) groups is 1. The SMILES string of the molecule is CCC1(CC)CC(=O)N([C@H]2c3cc(C(=O)N[C@@H]4c5ccccc5C[C@H]4OC)ccc3OC[C@H]2C)C(N)=N1. The molecule has 37 heavy (non-hydrogen) atoms. The zero-order valence-electron chi connectivity index (χ0n) is 22.0. The van der Waals surface area contributed by atoms with Crippen molar-refractivity contribution >= 4 is 17.8 Å². The Kier molecular flexibility index (Phi) is 6.70. The Morgan fingerprint density at radius 3 is 2.68 bits per heavy atom. The normalized spacial score (nSPS) is 26.1. The minimum Gasteiger partial charge on any atom is -0.493 e. The van der Waals surface area contributed by atoms with Crippen LogP contribution in [0.3, 0.4) is 0 Å². The number of benzene rings is 2. The van der Waals surface area contributed by atoms with E-state index in [4.69, 9.17) is 20.2 Å². The summed E-state index contributed by atoms with van der Waals surface area (Å²) in [6.07, 6.45) is 2.44. The Bertz CT molecular complexity index is 1240. The number of guanidine groups is 1. The predicted octanol–water partition coefficient (Wildman–Crippen LogP) is 3.90. The lowest BCUT2D eigenvalue weighted by Crippen LogP contribution is -2.54. The van der Waals surface area contributed by atoms with Crippen LogP contribution in [0.4, 0.5) is 0 Å². The third kappa shape index (κ3) is 4.37. The highest BCUT2D eigenvalue weighted by Gasteiger charge is 2.44. The molecule has 2 heterocycles. The smallest absolute Gasteiger partial charge is 0.251 e. The van der Waals surface area contributed by atoms with Crippen molar-refractivity contribution in [2.24, 2.45) is 16.6 Å². The molecule has 0 fully saturated rings. The van der Waals surface area contributed by atoms with Crippen molar-refractivity contribution in [3.05, 3.63) is 64.7 Å². The highest BCUT2D eigenvalue weighted by atomic mass is 16.5. The van der Waals surface area contributed by atoms with Gasteiger partial charge in [-0.25, -0.2) is 4.99 Å². The van der Waals surface area contributed by atoms with Crippen LogP contribution in [0.25, 0.3) is 0 Å². The average molecular weight is 505 g/mol. The molecule has 0 unspecified atom stereocenters. The topological polar surface area (TPSA) is 106 Å². The van der Waals surface area contributed by atoms with Gasteiger partial charge >= 0.3 is 0 Å². The number of nitrogens with zero attached hydrogens (tertiary/aromatic N) is 2. The highest BCUT2D eigenvalue weighted by molar-refractivity contribution is 6.00. The fraction of sp³-hybridized carbons (Fsp3) is 0.483. The lowest BCUT2D eigenvalue weighted by atomic mass is 9.85. The lowest BCUT2D eigenvalue weighted by molar-refractivity contribution is -0.133. The van der Waals surface area contributed by atoms with Crippen LogP contribution in [0.5, 0.6) is 5.75 Å². The summed E-state index contributed by atoms with van der Waals surface area (Å²) in [7, 11) is 1.67. The van der Waals surface area contributed by atoms with Gasteiger partial charge in [0.25, 0.3) is 5.91 Å². The van der Waals surface area contributed by atoms with Gasteiger partial charge in [0.2, 0.25) is 5.91 Å². The molecule has 5 rings (SSSR count). The van der Waals surface area contributed by atoms with Crippen LogP contribution in [0.2, 0.25) is 0 Å². The van der Waals surface area contributed by atoms with E-state index < -0.39 is 5.54 Å². The first-order valence-corrected chi connectivity index (χ1v) is 13.2. The third-order valence-corrected chi connectivity index (χ3v) is 8.35. The van der Waals surface area contributed by atoms with Gasteiger partial charge in [-0.05, 0) is 42.2 Å². The van der Waals surface area contributed by atoms with Crippen molar-refractivity contribution in [2.45, 2.75) is 70.2 Å². The number of hydrogen-bond acceptors (Lipinski definition) is 6. The molecular weight excluding hydrogens is 468 g/mol. The van der Waals surface area contributed by atoms with Crippen molar-refractivity contribution in [3.63, 3.8) is 0 Å². The number of nitrogens with two attached hydrogens (primary N) is 1. The molecule has 3 aliphatic rings. The highest BCUT2D eigenvalue weighted by Crippen LogP contribution is 2.43. The molecule has 2 aliphatic heterocycles. The summed E-state index contributed by atoms with van der Waals surface area (Å²) >= 11 is 0. The minimum absolute atomic E-state index is 0.0288. The van der Waals surface area contributed by atoms with E-state index >= 15 is 0 Å². The van der Waals surface area contributed by atoms with Crippen LogP contribution in [-0.4, -0.2) is 48.0 Å². The van der Waals surface area contributed by atoms with E-state index in [-0.39, 0.29) is 41.9 Å². The molecule has 196 valence electrons. The van der Waals surface area contributed by atoms with Crippen LogP contribution >= 0.6 is 0 Å². The number of hydrogen-bond donors (Lipinski definition) is 2. The van der Waals surface area contributed by atoms with Crippen molar-refractivity contribution in [1.82, 2.24) is 10.2 Å². The first-order chi connectivity index (χ1) is 17.8. The zero-order chi connectivity index (χ0) is 26.3. The number of fused-ring (bicyclic) bond motifs is 2. The Hall–Kier alpha value is -3.39. The standard InChI is InChI=1S/C29H36N4O4/c1-5-29(6-2)15-24(34)33(28(30)32-29)26-17(3)16-37-22-12-11-19(13-21(22)26)27(35)31-25-20-10-8-7-9-18(20)14-23(25)36-4/h7-13,17,23,25-26H,5-6,14-16H2,1-4H3,(H2,30,32)(H,31,35)/t17-,23-,25-,26-/m1/s1. The average Bonchev–Trinajstić information content (AvgIpc) is 3.26. The molecule has 3 N–H and O–H groups in total. The monoisotopic (exact) mass is 504 g/mol. The van der Waals surface area contributed by atoms with Gasteiger partial charge < -0.3 is 20.5 Å². The Morgan fingerprint density at radius 1 is 1.22 bits per heavy atom. The van der Waals surface area contributed by atoms with E-state index in [1.807, 2.05) is 51.1 Å². The van der Waals surface area contributed by atoms with Crippen molar-refractivity contribution in [1.29, 1.82) is 0 Å². The summed E-state index contributed by atoms with van der Waals surface area (Å²) in [5, 5.41) is 3.17. The van der Waals surface area contributed by atoms with Gasteiger partial charge in [-0.2, -0.15) is 0 Å². The number of carbonyl (C=O) groups excluding carboxylic acids is 2. The van der Waals surface area contributed by atoms with Crippen molar-refractivity contribution in [3.8, 4) is 5.75 Å². The molecule has 0 spiro atoms. The van der Waals surface area contributed by atoms with Crippen LogP contribution in [-0.2, 0) is 16.0 Å². The maximum Gasteiger partial charge on any atom is 0.251 e. The Morgan fingerprint density at radius 2 is 1.97 bits per heavy atom. The van der Waals surface area contributed by atoms with E-state index in [0.717, 1.165) is 30.4 Å². The number of amides is 2. The second-order valence-corrected chi connectivity index (χ2v) is 10.5.